The minimum atomic E-state index is -1.93. The zero-order valence-corrected chi connectivity index (χ0v) is 15.9. The molecule has 0 saturated carbocycles. The number of carbonyl (C=O) groups is 1. The van der Waals surface area contributed by atoms with Gasteiger partial charge >= 0.3 is 5.97 Å². The van der Waals surface area contributed by atoms with Crippen LogP contribution in [-0.4, -0.2) is 37.5 Å². The smallest absolute Gasteiger partial charge is 0.331 e. The van der Waals surface area contributed by atoms with Crippen LogP contribution in [0.2, 0.25) is 18.1 Å². The van der Waals surface area contributed by atoms with Crippen molar-refractivity contribution in [2.75, 3.05) is 11.5 Å². The molecule has 0 radical (unpaired) electrons. The van der Waals surface area contributed by atoms with Gasteiger partial charge < -0.3 is 9.16 Å². The van der Waals surface area contributed by atoms with E-state index in [1.54, 1.807) is 6.08 Å². The van der Waals surface area contributed by atoms with E-state index in [1.165, 1.54) is 0 Å². The highest BCUT2D eigenvalue weighted by Crippen LogP contribution is 2.47. The minimum absolute atomic E-state index is 0.149. The fourth-order valence-corrected chi connectivity index (χ4v) is 5.71. The SMILES string of the molecule is C[C@H]1CSCC[C@]1(O[Si](C)(C)C(C)(C)C)[C@H]1C=CC(=O)O1. The average molecular weight is 329 g/mol. The van der Waals surface area contributed by atoms with Gasteiger partial charge in [0.2, 0.25) is 0 Å². The summed E-state index contributed by atoms with van der Waals surface area (Å²) in [5, 5.41) is 0.149. The molecule has 0 bridgehead atoms. The molecule has 0 aliphatic carbocycles. The summed E-state index contributed by atoms with van der Waals surface area (Å²) in [6, 6.07) is 0. The lowest BCUT2D eigenvalue weighted by Gasteiger charge is -2.51. The summed E-state index contributed by atoms with van der Waals surface area (Å²) in [6.45, 7) is 13.6. The third kappa shape index (κ3) is 3.25. The number of ether oxygens (including phenoxy) is 1. The Bertz CT molecular complexity index is 441. The molecule has 2 aliphatic rings. The fourth-order valence-electron chi connectivity index (χ4n) is 2.77. The van der Waals surface area contributed by atoms with Crippen LogP contribution in [0.5, 0.6) is 0 Å². The molecule has 3 nitrogen and oxygen atoms in total. The number of cyclic esters (lactones) is 1. The van der Waals surface area contributed by atoms with E-state index >= 15 is 0 Å². The van der Waals surface area contributed by atoms with Crippen LogP contribution in [0.15, 0.2) is 12.2 Å². The molecule has 0 aromatic heterocycles. The molecule has 2 heterocycles. The number of hydrogen-bond acceptors (Lipinski definition) is 4. The summed E-state index contributed by atoms with van der Waals surface area (Å²) in [5.41, 5.74) is -0.350. The van der Waals surface area contributed by atoms with Gasteiger partial charge in [0.05, 0.1) is 0 Å². The highest BCUT2D eigenvalue weighted by atomic mass is 32.2. The molecule has 0 spiro atoms. The summed E-state index contributed by atoms with van der Waals surface area (Å²) < 4.78 is 12.4. The third-order valence-electron chi connectivity index (χ3n) is 5.22. The van der Waals surface area contributed by atoms with Crippen LogP contribution < -0.4 is 0 Å². The van der Waals surface area contributed by atoms with Crippen molar-refractivity contribution in [2.24, 2.45) is 5.92 Å². The summed E-state index contributed by atoms with van der Waals surface area (Å²) in [6.07, 6.45) is 4.18. The van der Waals surface area contributed by atoms with Gasteiger partial charge in [0.15, 0.2) is 8.32 Å². The Morgan fingerprint density at radius 1 is 1.43 bits per heavy atom. The topological polar surface area (TPSA) is 35.5 Å². The number of rotatable bonds is 3. The Morgan fingerprint density at radius 2 is 2.10 bits per heavy atom. The summed E-state index contributed by atoms with van der Waals surface area (Å²) in [7, 11) is -1.93. The standard InChI is InChI=1S/C16H28O3SSi/c1-12-11-20-10-9-16(12,13-7-8-14(17)18-13)19-21(5,6)15(2,3)4/h7-8,12-13H,9-11H2,1-6H3/t12-,13+,16+/m0/s1. The highest BCUT2D eigenvalue weighted by molar-refractivity contribution is 7.99. The second kappa shape index (κ2) is 5.74. The molecule has 2 aliphatic heterocycles. The predicted octanol–water partition coefficient (Wildman–Crippen LogP) is 4.00. The van der Waals surface area contributed by atoms with Crippen molar-refractivity contribution in [1.82, 2.24) is 0 Å². The number of carbonyl (C=O) groups excluding carboxylic acids is 1. The van der Waals surface area contributed by atoms with Crippen molar-refractivity contribution in [3.63, 3.8) is 0 Å². The Hall–Kier alpha value is -0.263. The van der Waals surface area contributed by atoms with Crippen LogP contribution in [-0.2, 0) is 14.0 Å². The minimum Gasteiger partial charge on any atom is -0.452 e. The van der Waals surface area contributed by atoms with Gasteiger partial charge in [-0.3, -0.25) is 0 Å². The highest BCUT2D eigenvalue weighted by Gasteiger charge is 2.53. The van der Waals surface area contributed by atoms with Gasteiger partial charge in [-0.25, -0.2) is 4.79 Å². The second-order valence-electron chi connectivity index (χ2n) is 7.76. The molecule has 120 valence electrons. The van der Waals surface area contributed by atoms with E-state index in [0.717, 1.165) is 17.9 Å². The summed E-state index contributed by atoms with van der Waals surface area (Å²) >= 11 is 1.97. The molecule has 3 atom stereocenters. The molecule has 0 unspecified atom stereocenters. The van der Waals surface area contributed by atoms with Gasteiger partial charge in [-0.1, -0.05) is 27.7 Å². The van der Waals surface area contributed by atoms with Crippen molar-refractivity contribution in [3.05, 3.63) is 12.2 Å². The van der Waals surface area contributed by atoms with Gasteiger partial charge in [0, 0.05) is 6.08 Å². The molecule has 0 amide bonds. The van der Waals surface area contributed by atoms with Crippen molar-refractivity contribution < 1.29 is 14.0 Å². The monoisotopic (exact) mass is 328 g/mol. The van der Waals surface area contributed by atoms with Gasteiger partial charge in [-0.05, 0) is 48.1 Å². The van der Waals surface area contributed by atoms with Crippen LogP contribution in [0, 0.1) is 5.92 Å². The van der Waals surface area contributed by atoms with Crippen molar-refractivity contribution >= 4 is 26.0 Å². The van der Waals surface area contributed by atoms with Crippen LogP contribution >= 0.6 is 11.8 Å². The molecular weight excluding hydrogens is 300 g/mol. The molecule has 21 heavy (non-hydrogen) atoms. The lowest BCUT2D eigenvalue weighted by molar-refractivity contribution is -0.153. The van der Waals surface area contributed by atoms with Gasteiger partial charge in [0.1, 0.15) is 11.7 Å². The first-order valence-electron chi connectivity index (χ1n) is 7.75. The van der Waals surface area contributed by atoms with E-state index < -0.39 is 8.32 Å². The Balaban J connectivity index is 2.33. The zero-order chi connectivity index (χ0) is 15.9. The first-order chi connectivity index (χ1) is 9.58. The van der Waals surface area contributed by atoms with Crippen LogP contribution in [0.4, 0.5) is 0 Å². The maximum atomic E-state index is 11.5. The second-order valence-corrected chi connectivity index (χ2v) is 13.6. The van der Waals surface area contributed by atoms with Crippen molar-refractivity contribution in [1.29, 1.82) is 0 Å². The van der Waals surface area contributed by atoms with Gasteiger partial charge in [0.25, 0.3) is 0 Å². The Labute approximate surface area is 134 Å². The maximum Gasteiger partial charge on any atom is 0.331 e. The van der Waals surface area contributed by atoms with E-state index in [-0.39, 0.29) is 22.7 Å². The molecule has 0 aromatic carbocycles. The number of thioether (sulfide) groups is 1. The van der Waals surface area contributed by atoms with Crippen LogP contribution in [0.3, 0.4) is 0 Å². The lowest BCUT2D eigenvalue weighted by atomic mass is 9.82. The van der Waals surface area contributed by atoms with Crippen molar-refractivity contribution in [3.8, 4) is 0 Å². The van der Waals surface area contributed by atoms with Gasteiger partial charge in [-0.2, -0.15) is 11.8 Å². The van der Waals surface area contributed by atoms with E-state index in [4.69, 9.17) is 9.16 Å². The number of hydrogen-bond donors (Lipinski definition) is 0. The molecule has 0 aromatic rings. The van der Waals surface area contributed by atoms with E-state index in [1.807, 2.05) is 17.8 Å². The first kappa shape index (κ1) is 17.1. The molecule has 5 heteroatoms. The van der Waals surface area contributed by atoms with E-state index in [0.29, 0.717) is 5.92 Å². The van der Waals surface area contributed by atoms with Gasteiger partial charge in [-0.15, -0.1) is 0 Å². The average Bonchev–Trinajstić information content (AvgIpc) is 2.78. The maximum absolute atomic E-state index is 11.5. The van der Waals surface area contributed by atoms with Crippen LogP contribution in [0.1, 0.15) is 34.1 Å². The first-order valence-corrected chi connectivity index (χ1v) is 11.8. The Morgan fingerprint density at radius 3 is 2.57 bits per heavy atom. The third-order valence-corrected chi connectivity index (χ3v) is 11.0. The molecule has 1 fully saturated rings. The molecular formula is C16H28O3SSi. The summed E-state index contributed by atoms with van der Waals surface area (Å²) in [4.78, 5) is 11.5. The molecule has 0 N–H and O–H groups in total. The summed E-state index contributed by atoms with van der Waals surface area (Å²) in [5.74, 6) is 2.28. The van der Waals surface area contributed by atoms with E-state index in [9.17, 15) is 4.79 Å². The van der Waals surface area contributed by atoms with Crippen molar-refractivity contribution in [2.45, 2.75) is 64.0 Å². The predicted molar refractivity (Wildman–Crippen MR) is 91.1 cm³/mol. The molecule has 1 saturated heterocycles. The normalized spacial score (nSPS) is 34.1. The van der Waals surface area contributed by atoms with E-state index in [2.05, 4.69) is 40.8 Å². The van der Waals surface area contributed by atoms with Crippen LogP contribution in [0.25, 0.3) is 0 Å². The quantitative estimate of drug-likeness (QED) is 0.579. The largest absolute Gasteiger partial charge is 0.452 e. The number of esters is 1. The Kier molecular flexibility index (Phi) is 4.67. The lowest BCUT2D eigenvalue weighted by Crippen LogP contribution is -2.60. The molecule has 2 rings (SSSR count). The fraction of sp³-hybridized carbons (Fsp3) is 0.812. The zero-order valence-electron chi connectivity index (χ0n) is 14.1.